The molecule has 0 radical (unpaired) electrons. The quantitative estimate of drug-likeness (QED) is 0.0183. The molecule has 5 amide bonds. The Morgan fingerprint density at radius 3 is 1.35 bits per heavy atom. The first-order valence-electron chi connectivity index (χ1n) is 32.1. The van der Waals surface area contributed by atoms with Crippen LogP contribution in [-0.2, 0) is 75.1 Å². The Morgan fingerprint density at radius 1 is 0.558 bits per heavy atom. The van der Waals surface area contributed by atoms with Crippen LogP contribution in [-0.4, -0.2) is 163 Å². The van der Waals surface area contributed by atoms with Crippen molar-refractivity contribution in [3.05, 3.63) is 153 Å². The van der Waals surface area contributed by atoms with E-state index < -0.39 is 76.1 Å². The van der Waals surface area contributed by atoms with Gasteiger partial charge in [0.15, 0.2) is 64.6 Å². The largest absolute Gasteiger partial charge is 0.504 e. The number of thiophene rings is 4. The SMILES string of the molecule is NC(=O)c1cnnn1/C=C/c1cc(NS(=O)(=O)c2cccs2)c2c(c1O)OCO2.O=C1C=C(N=CCc2cc(NS(=O)(=O)c3cccs3)c3c(c2O)OCO3)C(=O)N1.O=C1COC(=O)N1/C=C/c1cc(NS(=O)(=O)c2cccs2)c2c(c1O)OCO2.O=S(=O)(Nc1cc(/C=C/C2OCCCO2)c(O)c2c1OCO2)c1cccs1. The van der Waals surface area contributed by atoms with E-state index >= 15 is 0 Å². The fraction of sp³-hybridized carbons (Fsp3) is 0.152. The van der Waals surface area contributed by atoms with Gasteiger partial charge >= 0.3 is 6.09 Å². The van der Waals surface area contributed by atoms with E-state index in [1.54, 1.807) is 57.9 Å². The Balaban J connectivity index is 0.000000132. The van der Waals surface area contributed by atoms with E-state index in [9.17, 15) is 78.1 Å². The van der Waals surface area contributed by atoms with Crippen LogP contribution >= 0.6 is 45.3 Å². The lowest BCUT2D eigenvalue weighted by atomic mass is 10.1. The van der Waals surface area contributed by atoms with Crippen molar-refractivity contribution in [2.24, 2.45) is 10.7 Å². The fourth-order valence-electron chi connectivity index (χ4n) is 10.5. The summed E-state index contributed by atoms with van der Waals surface area (Å²) in [7, 11) is -15.4. The molecule has 7 aliphatic rings. The number of carbonyl (C=O) groups is 5. The third kappa shape index (κ3) is 17.7. The number of hydrogen-bond donors (Lipinski definition) is 10. The number of cyclic esters (lactones) is 1. The van der Waals surface area contributed by atoms with Crippen LogP contribution in [0.4, 0.5) is 27.5 Å². The number of benzene rings is 4. The number of imide groups is 2. The molecule has 16 rings (SSSR count). The molecule has 113 heavy (non-hydrogen) atoms. The molecule has 0 unspecified atom stereocenters. The number of aliphatic imine (C=N–C) groups is 1. The first-order valence-corrected chi connectivity index (χ1v) is 41.5. The van der Waals surface area contributed by atoms with Gasteiger partial charge < -0.3 is 78.3 Å². The predicted molar refractivity (Wildman–Crippen MR) is 401 cm³/mol. The zero-order valence-electron chi connectivity index (χ0n) is 57.0. The van der Waals surface area contributed by atoms with E-state index in [4.69, 9.17) is 53.1 Å². The Morgan fingerprint density at radius 2 is 0.965 bits per heavy atom. The number of amides is 5. The number of phenols is 4. The highest BCUT2D eigenvalue weighted by atomic mass is 32.3. The number of nitrogens with one attached hydrogen (secondary N) is 5. The third-order valence-corrected chi connectivity index (χ3v) is 26.7. The molecule has 0 spiro atoms. The number of anilines is 4. The van der Waals surface area contributed by atoms with Crippen molar-refractivity contribution in [2.45, 2.75) is 36.0 Å². The molecular weight excluding hydrogens is 1650 g/mol. The van der Waals surface area contributed by atoms with Gasteiger partial charge in [0.05, 0.1) is 42.2 Å². The van der Waals surface area contributed by atoms with Crippen LogP contribution in [0.2, 0.25) is 0 Å². The molecule has 7 aliphatic heterocycles. The summed E-state index contributed by atoms with van der Waals surface area (Å²) in [6.45, 7) is 0.130. The third-order valence-electron chi connectivity index (χ3n) is 15.6. The molecule has 11 N–H and O–H groups in total. The van der Waals surface area contributed by atoms with Gasteiger partial charge in [-0.1, -0.05) is 35.6 Å². The van der Waals surface area contributed by atoms with Crippen molar-refractivity contribution in [3.8, 4) is 69.0 Å². The number of ether oxygens (including phenoxy) is 11. The van der Waals surface area contributed by atoms with E-state index in [1.807, 2.05) is 0 Å². The number of aromatic nitrogens is 3. The molecule has 590 valence electrons. The number of carbonyl (C=O) groups excluding carboxylic acids is 5. The minimum absolute atomic E-state index is 0.00721. The van der Waals surface area contributed by atoms with Crippen LogP contribution in [0.15, 0.2) is 146 Å². The topological polar surface area (TPSA) is 537 Å². The highest BCUT2D eigenvalue weighted by Crippen LogP contribution is 2.53. The van der Waals surface area contributed by atoms with Crippen LogP contribution in [0.5, 0.6) is 69.0 Å². The lowest BCUT2D eigenvalue weighted by molar-refractivity contribution is -0.149. The smallest absolute Gasteiger partial charge is 0.421 e. The number of hydrogen-bond acceptors (Lipinski definition) is 35. The second-order valence-corrected chi connectivity index (χ2v) is 34.4. The Bertz CT molecular complexity index is 5830. The average molecular weight is 1710 g/mol. The van der Waals surface area contributed by atoms with Crippen molar-refractivity contribution >= 4 is 169 Å². The molecule has 39 nitrogen and oxygen atoms in total. The number of aromatic hydroxyl groups is 4. The number of phenolic OH excluding ortho intramolecular Hbond substituents is 4. The molecule has 4 aromatic carbocycles. The van der Waals surface area contributed by atoms with E-state index in [0.717, 1.165) is 73.6 Å². The maximum absolute atomic E-state index is 12.6. The molecule has 2 saturated heterocycles. The monoisotopic (exact) mass is 1710 g/mol. The molecule has 2 fully saturated rings. The first kappa shape index (κ1) is 78.6. The van der Waals surface area contributed by atoms with Crippen LogP contribution in [0, 0.1) is 0 Å². The summed E-state index contributed by atoms with van der Waals surface area (Å²) in [4.78, 5) is 61.7. The molecule has 47 heteroatoms. The standard InChI is InChI=1S/C17H13N3O7S2.C17H17NO7S2.C16H13N5O6S2.C16H12N2O8S2/c21-12-7-11(17(23)19-12)18-4-3-9-6-10(15-16(14(9)22)27-8-26-15)20-29(24,25)13-2-1-5-28-13;19-15-11(4-5-13-22-6-2-7-23-13)9-12(16-17(15)25-10-24-16)18-27(20,21)14-3-1-8-26-14;17-16(23)11-7-18-20-21(11)4-3-9-6-10(14-15(13(9)22)27-8-26-14)19-29(24,25)12-2-1-5-28-12;19-11-7-24-16(21)18(11)4-3-9-6-10(14-15(13(9)20)26-8-25-14)17-28(22,23)12-2-1-5-27-12/h1-2,4-7,20,22H,3,8H2,(H,19,21,23);1,3-5,8-9,13,18-19H,2,6-7,10H2;1-7,19,22H,8H2,(H2,17,23);1-6,17,20H,7-8H2/b;5-4+;2*4-3+. The predicted octanol–water partition coefficient (Wildman–Crippen LogP) is 7.13. The van der Waals surface area contributed by atoms with E-state index in [-0.39, 0.29) is 177 Å². The van der Waals surface area contributed by atoms with Gasteiger partial charge in [-0.25, -0.2) is 48.0 Å². The van der Waals surface area contributed by atoms with Gasteiger partial charge in [-0.3, -0.25) is 48.4 Å². The van der Waals surface area contributed by atoms with Crippen LogP contribution in [0.3, 0.4) is 0 Å². The zero-order valence-corrected chi connectivity index (χ0v) is 63.6. The van der Waals surface area contributed by atoms with Gasteiger partial charge in [-0.05, 0) is 94.7 Å². The van der Waals surface area contributed by atoms with Gasteiger partial charge in [0, 0.05) is 53.4 Å². The van der Waals surface area contributed by atoms with Crippen molar-refractivity contribution in [3.63, 3.8) is 0 Å². The molecule has 0 aliphatic carbocycles. The Labute approximate surface area is 653 Å². The number of fused-ring (bicyclic) bond motifs is 4. The molecule has 5 aromatic heterocycles. The molecule has 12 heterocycles. The Kier molecular flexibility index (Phi) is 23.1. The van der Waals surface area contributed by atoms with Gasteiger partial charge in [0.1, 0.15) is 22.5 Å². The highest BCUT2D eigenvalue weighted by Gasteiger charge is 2.35. The summed E-state index contributed by atoms with van der Waals surface area (Å²) in [5.41, 5.74) is 6.51. The number of nitrogens with two attached hydrogens (primary N) is 1. The minimum atomic E-state index is -3.88. The summed E-state index contributed by atoms with van der Waals surface area (Å²) < 4.78 is 169. The Hall–Kier alpha value is -12.5. The molecule has 9 aromatic rings. The van der Waals surface area contributed by atoms with E-state index in [0.29, 0.717) is 18.8 Å². The van der Waals surface area contributed by atoms with Crippen LogP contribution in [0.1, 0.15) is 39.2 Å². The normalized spacial score (nSPS) is 15.5. The van der Waals surface area contributed by atoms with Gasteiger partial charge in [0.25, 0.3) is 63.7 Å². The summed E-state index contributed by atoms with van der Waals surface area (Å²) in [5, 5.41) is 57.6. The average Bonchev–Trinajstić information content (AvgIpc) is 1.68. The first-order chi connectivity index (χ1) is 54.1. The van der Waals surface area contributed by atoms with E-state index in [1.165, 1.54) is 79.3 Å². The van der Waals surface area contributed by atoms with Crippen LogP contribution < -0.4 is 67.8 Å². The van der Waals surface area contributed by atoms with Crippen molar-refractivity contribution in [2.75, 3.05) is 65.9 Å². The maximum Gasteiger partial charge on any atom is 0.421 e. The number of sulfonamides is 4. The lowest BCUT2D eigenvalue weighted by Gasteiger charge is -2.20. The summed E-state index contributed by atoms with van der Waals surface area (Å²) in [6.07, 6.45) is 11.4. The zero-order chi connectivity index (χ0) is 79.9. The van der Waals surface area contributed by atoms with Crippen molar-refractivity contribution < 1.29 is 130 Å². The van der Waals surface area contributed by atoms with Crippen molar-refractivity contribution in [1.29, 1.82) is 0 Å². The number of primary amides is 1. The summed E-state index contributed by atoms with van der Waals surface area (Å²) >= 11 is 4.24. The second kappa shape index (κ2) is 33.2. The maximum atomic E-state index is 12.6. The summed E-state index contributed by atoms with van der Waals surface area (Å²) in [6, 6.07) is 17.9. The molecule has 0 bridgehead atoms. The van der Waals surface area contributed by atoms with Crippen molar-refractivity contribution in [1.82, 2.24) is 25.2 Å². The number of nitrogens with zero attached hydrogens (tertiary/aromatic N) is 5. The molecule has 0 atom stereocenters. The fourth-order valence-corrected chi connectivity index (χ4v) is 18.7. The van der Waals surface area contributed by atoms with Gasteiger partial charge in [-0.2, -0.15) is 0 Å². The second-order valence-electron chi connectivity index (χ2n) is 23.0. The van der Waals surface area contributed by atoms with Crippen LogP contribution in [0.25, 0.3) is 24.4 Å². The molecular formula is C66H55N11O28S8. The van der Waals surface area contributed by atoms with Gasteiger partial charge in [0.2, 0.25) is 50.2 Å². The summed E-state index contributed by atoms with van der Waals surface area (Å²) in [5.74, 6) is -3.10. The number of rotatable bonds is 22. The highest BCUT2D eigenvalue weighted by molar-refractivity contribution is 7.95. The minimum Gasteiger partial charge on any atom is -0.504 e. The lowest BCUT2D eigenvalue weighted by Crippen LogP contribution is -2.22. The van der Waals surface area contributed by atoms with Gasteiger partial charge in [-0.15, -0.1) is 50.4 Å². The van der Waals surface area contributed by atoms with E-state index in [2.05, 4.69) is 44.2 Å². The molecule has 0 saturated carbocycles.